The van der Waals surface area contributed by atoms with Gasteiger partial charge in [0.05, 0.1) is 4.90 Å². The Hall–Kier alpha value is -2.44. The number of nitrogens with one attached hydrogen (secondary N) is 2. The molecule has 0 unspecified atom stereocenters. The van der Waals surface area contributed by atoms with Crippen LogP contribution >= 0.6 is 0 Å². The van der Waals surface area contributed by atoms with Crippen LogP contribution in [0.3, 0.4) is 0 Å². The number of para-hydroxylation sites is 1. The number of carbonyl (C=O) groups excluding carboxylic acids is 1. The van der Waals surface area contributed by atoms with Crippen LogP contribution in [-0.2, 0) is 22.9 Å². The first kappa shape index (κ1) is 19.9. The van der Waals surface area contributed by atoms with E-state index in [1.807, 2.05) is 32.0 Å². The van der Waals surface area contributed by atoms with Gasteiger partial charge in [0.2, 0.25) is 10.0 Å². The van der Waals surface area contributed by atoms with Crippen molar-refractivity contribution in [3.63, 3.8) is 0 Å². The van der Waals surface area contributed by atoms with Crippen LogP contribution in [-0.4, -0.2) is 20.9 Å². The summed E-state index contributed by atoms with van der Waals surface area (Å²) in [7, 11) is -3.60. The van der Waals surface area contributed by atoms with Gasteiger partial charge in [0.15, 0.2) is 0 Å². The molecule has 138 valence electrons. The van der Waals surface area contributed by atoms with E-state index in [0.29, 0.717) is 5.56 Å². The van der Waals surface area contributed by atoms with Gasteiger partial charge < -0.3 is 5.32 Å². The highest BCUT2D eigenvalue weighted by Gasteiger charge is 2.15. The Kier molecular flexibility index (Phi) is 6.71. The Labute approximate surface area is 155 Å². The average Bonchev–Trinajstić information content (AvgIpc) is 2.66. The Morgan fingerprint density at radius 1 is 1.04 bits per heavy atom. The van der Waals surface area contributed by atoms with Gasteiger partial charge in [-0.15, -0.1) is 6.58 Å². The van der Waals surface area contributed by atoms with Gasteiger partial charge in [-0.25, -0.2) is 13.1 Å². The van der Waals surface area contributed by atoms with Crippen molar-refractivity contribution in [2.75, 3.05) is 11.9 Å². The number of sulfonamides is 1. The number of amides is 1. The van der Waals surface area contributed by atoms with E-state index in [2.05, 4.69) is 16.6 Å². The molecule has 0 fully saturated rings. The van der Waals surface area contributed by atoms with Gasteiger partial charge in [-0.3, -0.25) is 4.79 Å². The smallest absolute Gasteiger partial charge is 0.255 e. The van der Waals surface area contributed by atoms with Crippen molar-refractivity contribution >= 4 is 21.6 Å². The second kappa shape index (κ2) is 8.78. The number of hydrogen-bond donors (Lipinski definition) is 2. The maximum Gasteiger partial charge on any atom is 0.255 e. The maximum absolute atomic E-state index is 12.6. The number of rotatable bonds is 8. The summed E-state index contributed by atoms with van der Waals surface area (Å²) in [5.41, 5.74) is 3.39. The minimum atomic E-state index is -3.60. The number of benzene rings is 2. The van der Waals surface area contributed by atoms with Gasteiger partial charge in [-0.1, -0.05) is 38.1 Å². The van der Waals surface area contributed by atoms with Crippen LogP contribution in [0.2, 0.25) is 0 Å². The van der Waals surface area contributed by atoms with E-state index in [1.54, 1.807) is 0 Å². The topological polar surface area (TPSA) is 75.3 Å². The van der Waals surface area contributed by atoms with Crippen molar-refractivity contribution in [3.8, 4) is 0 Å². The molecular weight excluding hydrogens is 348 g/mol. The first-order chi connectivity index (χ1) is 12.4. The number of aryl methyl sites for hydroxylation is 2. The Morgan fingerprint density at radius 3 is 2.12 bits per heavy atom. The molecule has 0 atom stereocenters. The lowest BCUT2D eigenvalue weighted by Gasteiger charge is -2.14. The fourth-order valence-electron chi connectivity index (χ4n) is 2.63. The SMILES string of the molecule is C=CCNS(=O)(=O)c1ccc(C(=O)Nc2c(CC)cccc2CC)cc1. The highest BCUT2D eigenvalue weighted by molar-refractivity contribution is 7.89. The van der Waals surface area contributed by atoms with Crippen molar-refractivity contribution in [1.29, 1.82) is 0 Å². The van der Waals surface area contributed by atoms with Crippen molar-refractivity contribution in [3.05, 3.63) is 71.8 Å². The highest BCUT2D eigenvalue weighted by atomic mass is 32.2. The van der Waals surface area contributed by atoms with Crippen LogP contribution in [0.25, 0.3) is 0 Å². The number of anilines is 1. The van der Waals surface area contributed by atoms with E-state index in [0.717, 1.165) is 29.7 Å². The van der Waals surface area contributed by atoms with E-state index in [-0.39, 0.29) is 17.3 Å². The van der Waals surface area contributed by atoms with E-state index in [4.69, 9.17) is 0 Å². The minimum absolute atomic E-state index is 0.110. The molecule has 6 heteroatoms. The number of carbonyl (C=O) groups is 1. The highest BCUT2D eigenvalue weighted by Crippen LogP contribution is 2.23. The fraction of sp³-hybridized carbons (Fsp3) is 0.250. The predicted molar refractivity (Wildman–Crippen MR) is 105 cm³/mol. The maximum atomic E-state index is 12.6. The molecule has 5 nitrogen and oxygen atoms in total. The minimum Gasteiger partial charge on any atom is -0.321 e. The van der Waals surface area contributed by atoms with Crippen LogP contribution in [0, 0.1) is 0 Å². The van der Waals surface area contributed by atoms with Crippen LogP contribution in [0.4, 0.5) is 5.69 Å². The Balaban J connectivity index is 2.23. The van der Waals surface area contributed by atoms with Gasteiger partial charge in [0.25, 0.3) is 5.91 Å². The van der Waals surface area contributed by atoms with Gasteiger partial charge in [-0.05, 0) is 48.2 Å². The summed E-state index contributed by atoms with van der Waals surface area (Å²) in [6.45, 7) is 7.72. The Bertz CT molecular complexity index is 866. The summed E-state index contributed by atoms with van der Waals surface area (Å²) in [6, 6.07) is 11.9. The molecule has 2 N–H and O–H groups in total. The lowest BCUT2D eigenvalue weighted by molar-refractivity contribution is 0.102. The van der Waals surface area contributed by atoms with E-state index >= 15 is 0 Å². The van der Waals surface area contributed by atoms with E-state index in [9.17, 15) is 13.2 Å². The van der Waals surface area contributed by atoms with Crippen LogP contribution in [0.15, 0.2) is 60.0 Å². The monoisotopic (exact) mass is 372 g/mol. The summed E-state index contributed by atoms with van der Waals surface area (Å²) in [4.78, 5) is 12.7. The molecule has 0 radical (unpaired) electrons. The van der Waals surface area contributed by atoms with E-state index < -0.39 is 10.0 Å². The third kappa shape index (κ3) is 4.59. The molecule has 2 aromatic rings. The summed E-state index contributed by atoms with van der Waals surface area (Å²) >= 11 is 0. The van der Waals surface area contributed by atoms with Crippen molar-refractivity contribution in [2.24, 2.45) is 0 Å². The lowest BCUT2D eigenvalue weighted by atomic mass is 10.0. The molecular formula is C20H24N2O3S. The second-order valence-corrected chi connectivity index (χ2v) is 7.54. The summed E-state index contributed by atoms with van der Waals surface area (Å²) < 4.78 is 26.5. The fourth-order valence-corrected chi connectivity index (χ4v) is 3.62. The molecule has 1 amide bonds. The number of hydrogen-bond acceptors (Lipinski definition) is 3. The third-order valence-corrected chi connectivity index (χ3v) is 5.52. The zero-order valence-electron chi connectivity index (χ0n) is 15.1. The lowest BCUT2D eigenvalue weighted by Crippen LogP contribution is -2.23. The quantitative estimate of drug-likeness (QED) is 0.696. The van der Waals surface area contributed by atoms with Crippen molar-refractivity contribution in [1.82, 2.24) is 4.72 Å². The molecule has 0 aliphatic rings. The molecule has 0 saturated carbocycles. The molecule has 0 aliphatic carbocycles. The van der Waals surface area contributed by atoms with Crippen LogP contribution < -0.4 is 10.0 Å². The first-order valence-electron chi connectivity index (χ1n) is 8.55. The molecule has 0 heterocycles. The predicted octanol–water partition coefficient (Wildman–Crippen LogP) is 3.53. The molecule has 0 spiro atoms. The molecule has 0 saturated heterocycles. The molecule has 26 heavy (non-hydrogen) atoms. The molecule has 0 aromatic heterocycles. The first-order valence-corrected chi connectivity index (χ1v) is 10.0. The van der Waals surface area contributed by atoms with Crippen molar-refractivity contribution < 1.29 is 13.2 Å². The summed E-state index contributed by atoms with van der Waals surface area (Å²) in [6.07, 6.45) is 3.10. The zero-order chi connectivity index (χ0) is 19.2. The second-order valence-electron chi connectivity index (χ2n) is 5.78. The van der Waals surface area contributed by atoms with Gasteiger partial charge in [-0.2, -0.15) is 0 Å². The average molecular weight is 372 g/mol. The third-order valence-electron chi connectivity index (χ3n) is 4.08. The summed E-state index contributed by atoms with van der Waals surface area (Å²) in [5, 5.41) is 2.97. The molecule has 0 bridgehead atoms. The zero-order valence-corrected chi connectivity index (χ0v) is 15.9. The molecule has 0 aliphatic heterocycles. The molecule has 2 aromatic carbocycles. The molecule has 2 rings (SSSR count). The van der Waals surface area contributed by atoms with Crippen LogP contribution in [0.5, 0.6) is 0 Å². The largest absolute Gasteiger partial charge is 0.321 e. The normalized spacial score (nSPS) is 11.2. The van der Waals surface area contributed by atoms with Gasteiger partial charge >= 0.3 is 0 Å². The van der Waals surface area contributed by atoms with Crippen molar-refractivity contribution in [2.45, 2.75) is 31.6 Å². The standard InChI is InChI=1S/C20H24N2O3S/c1-4-14-21-26(24,25)18-12-10-17(11-13-18)20(23)22-19-15(5-2)8-7-9-16(19)6-3/h4,7-13,21H,1,5-6,14H2,2-3H3,(H,22,23). The van der Waals surface area contributed by atoms with E-state index in [1.165, 1.54) is 30.3 Å². The Morgan fingerprint density at radius 2 is 1.62 bits per heavy atom. The summed E-state index contributed by atoms with van der Waals surface area (Å²) in [5.74, 6) is -0.261. The van der Waals surface area contributed by atoms with Gasteiger partial charge in [0.1, 0.15) is 0 Å². The van der Waals surface area contributed by atoms with Crippen LogP contribution in [0.1, 0.15) is 35.3 Å². The van der Waals surface area contributed by atoms with Gasteiger partial charge in [0, 0.05) is 17.8 Å².